The molecule has 2 saturated heterocycles. The molecule has 5 nitrogen and oxygen atoms in total. The Hall–Kier alpha value is -1.01. The molecule has 0 aliphatic carbocycles. The van der Waals surface area contributed by atoms with E-state index in [-0.39, 0.29) is 6.10 Å². The van der Waals surface area contributed by atoms with Crippen LogP contribution in [-0.4, -0.2) is 53.8 Å². The SMILES string of the molecule is c1ncc(N2CCSCC2)nc1OC1CCNCC1. The van der Waals surface area contributed by atoms with Gasteiger partial charge in [0.25, 0.3) is 0 Å². The first-order chi connectivity index (χ1) is 9.42. The highest BCUT2D eigenvalue weighted by Crippen LogP contribution is 2.20. The van der Waals surface area contributed by atoms with Crippen LogP contribution in [0, 0.1) is 0 Å². The third-order valence-electron chi connectivity index (χ3n) is 3.51. The lowest BCUT2D eigenvalue weighted by atomic mass is 10.1. The highest BCUT2D eigenvalue weighted by atomic mass is 32.2. The first kappa shape index (κ1) is 13.0. The van der Waals surface area contributed by atoms with Gasteiger partial charge in [0, 0.05) is 24.6 Å². The quantitative estimate of drug-likeness (QED) is 0.897. The van der Waals surface area contributed by atoms with Crippen LogP contribution in [-0.2, 0) is 0 Å². The molecule has 0 saturated carbocycles. The monoisotopic (exact) mass is 280 g/mol. The van der Waals surface area contributed by atoms with Crippen LogP contribution in [0.25, 0.3) is 0 Å². The number of piperidine rings is 1. The van der Waals surface area contributed by atoms with Crippen molar-refractivity contribution < 1.29 is 4.74 Å². The van der Waals surface area contributed by atoms with Gasteiger partial charge in [-0.05, 0) is 25.9 Å². The summed E-state index contributed by atoms with van der Waals surface area (Å²) in [6, 6.07) is 0. The van der Waals surface area contributed by atoms with Crippen LogP contribution in [0.3, 0.4) is 0 Å². The van der Waals surface area contributed by atoms with E-state index in [1.54, 1.807) is 6.20 Å². The molecule has 0 unspecified atom stereocenters. The van der Waals surface area contributed by atoms with Crippen LogP contribution in [0.15, 0.2) is 12.4 Å². The highest BCUT2D eigenvalue weighted by Gasteiger charge is 2.17. The van der Waals surface area contributed by atoms with Crippen molar-refractivity contribution in [3.05, 3.63) is 12.4 Å². The Labute approximate surface area is 118 Å². The Kier molecular flexibility index (Phi) is 4.40. The van der Waals surface area contributed by atoms with Gasteiger partial charge in [-0.1, -0.05) is 0 Å². The minimum absolute atomic E-state index is 0.280. The molecule has 1 aromatic heterocycles. The van der Waals surface area contributed by atoms with Crippen LogP contribution in [0.2, 0.25) is 0 Å². The third kappa shape index (κ3) is 3.51. The molecule has 2 aliphatic rings. The zero-order chi connectivity index (χ0) is 12.9. The van der Waals surface area contributed by atoms with Crippen LogP contribution in [0.4, 0.5) is 5.82 Å². The minimum Gasteiger partial charge on any atom is -0.473 e. The van der Waals surface area contributed by atoms with E-state index >= 15 is 0 Å². The van der Waals surface area contributed by atoms with Gasteiger partial charge in [0.15, 0.2) is 5.82 Å². The van der Waals surface area contributed by atoms with Gasteiger partial charge >= 0.3 is 0 Å². The fraction of sp³-hybridized carbons (Fsp3) is 0.692. The standard InChI is InChI=1S/C13H20N4OS/c1-3-14-4-2-11(1)18-13-10-15-9-12(16-13)17-5-7-19-8-6-17/h9-11,14H,1-8H2. The van der Waals surface area contributed by atoms with E-state index in [1.165, 1.54) is 11.5 Å². The predicted molar refractivity (Wildman–Crippen MR) is 78.1 cm³/mol. The zero-order valence-electron chi connectivity index (χ0n) is 11.0. The fourth-order valence-electron chi connectivity index (χ4n) is 2.42. The Morgan fingerprint density at radius 2 is 2.00 bits per heavy atom. The molecule has 1 N–H and O–H groups in total. The van der Waals surface area contributed by atoms with Crippen LogP contribution >= 0.6 is 11.8 Å². The summed E-state index contributed by atoms with van der Waals surface area (Å²) in [6.07, 6.45) is 5.94. The summed E-state index contributed by atoms with van der Waals surface area (Å²) in [6.45, 7) is 4.16. The average Bonchev–Trinajstić information content (AvgIpc) is 2.49. The zero-order valence-corrected chi connectivity index (χ0v) is 11.9. The Morgan fingerprint density at radius 1 is 1.21 bits per heavy atom. The average molecular weight is 280 g/mol. The summed E-state index contributed by atoms with van der Waals surface area (Å²) in [4.78, 5) is 11.2. The second-order valence-electron chi connectivity index (χ2n) is 4.88. The molecule has 0 amide bonds. The lowest BCUT2D eigenvalue weighted by Crippen LogP contribution is -2.35. The number of nitrogens with zero attached hydrogens (tertiary/aromatic N) is 3. The van der Waals surface area contributed by atoms with Crippen molar-refractivity contribution in [3.63, 3.8) is 0 Å². The molecule has 1 aromatic rings. The van der Waals surface area contributed by atoms with E-state index in [0.29, 0.717) is 5.88 Å². The van der Waals surface area contributed by atoms with Gasteiger partial charge in [0.05, 0.1) is 12.4 Å². The molecule has 104 valence electrons. The van der Waals surface area contributed by atoms with E-state index in [2.05, 4.69) is 20.2 Å². The molecule has 0 radical (unpaired) electrons. The molecule has 3 heterocycles. The van der Waals surface area contributed by atoms with Gasteiger partial charge in [-0.2, -0.15) is 16.7 Å². The first-order valence-electron chi connectivity index (χ1n) is 6.94. The largest absolute Gasteiger partial charge is 0.473 e. The Bertz CT molecular complexity index is 405. The number of anilines is 1. The molecule has 3 rings (SSSR count). The van der Waals surface area contributed by atoms with Gasteiger partial charge in [-0.3, -0.25) is 4.98 Å². The summed E-state index contributed by atoms with van der Waals surface area (Å²) in [7, 11) is 0. The smallest absolute Gasteiger partial charge is 0.234 e. The second-order valence-corrected chi connectivity index (χ2v) is 6.11. The molecule has 0 atom stereocenters. The lowest BCUT2D eigenvalue weighted by Gasteiger charge is -2.28. The molecule has 2 fully saturated rings. The number of thioether (sulfide) groups is 1. The van der Waals surface area contributed by atoms with Crippen LogP contribution in [0.1, 0.15) is 12.8 Å². The molecule has 19 heavy (non-hydrogen) atoms. The lowest BCUT2D eigenvalue weighted by molar-refractivity contribution is 0.155. The summed E-state index contributed by atoms with van der Waals surface area (Å²) in [5.41, 5.74) is 0. The molecular formula is C13H20N4OS. The summed E-state index contributed by atoms with van der Waals surface area (Å²) in [5, 5.41) is 3.34. The van der Waals surface area contributed by atoms with Crippen molar-refractivity contribution in [2.75, 3.05) is 42.6 Å². The fourth-order valence-corrected chi connectivity index (χ4v) is 3.33. The van der Waals surface area contributed by atoms with Crippen molar-refractivity contribution in [2.45, 2.75) is 18.9 Å². The van der Waals surface area contributed by atoms with Crippen molar-refractivity contribution in [2.24, 2.45) is 0 Å². The van der Waals surface area contributed by atoms with Crippen LogP contribution in [0.5, 0.6) is 5.88 Å². The molecule has 0 aromatic carbocycles. The van der Waals surface area contributed by atoms with E-state index < -0.39 is 0 Å². The van der Waals surface area contributed by atoms with Gasteiger partial charge in [-0.25, -0.2) is 0 Å². The van der Waals surface area contributed by atoms with E-state index in [9.17, 15) is 0 Å². The Morgan fingerprint density at radius 3 is 2.79 bits per heavy atom. The summed E-state index contributed by atoms with van der Waals surface area (Å²) in [5.74, 6) is 3.96. The minimum atomic E-state index is 0.280. The normalized spacial score (nSPS) is 21.4. The van der Waals surface area contributed by atoms with Crippen LogP contribution < -0.4 is 15.0 Å². The number of hydrogen-bond acceptors (Lipinski definition) is 6. The number of nitrogens with one attached hydrogen (secondary N) is 1. The third-order valence-corrected chi connectivity index (χ3v) is 4.45. The summed E-state index contributed by atoms with van der Waals surface area (Å²) >= 11 is 2.00. The van der Waals surface area contributed by atoms with Gasteiger partial charge < -0.3 is 15.0 Å². The second kappa shape index (κ2) is 6.43. The number of ether oxygens (including phenoxy) is 1. The molecule has 6 heteroatoms. The maximum absolute atomic E-state index is 5.94. The van der Waals surface area contributed by atoms with E-state index in [4.69, 9.17) is 4.74 Å². The molecular weight excluding hydrogens is 260 g/mol. The van der Waals surface area contributed by atoms with E-state index in [1.807, 2.05) is 18.0 Å². The van der Waals surface area contributed by atoms with E-state index in [0.717, 1.165) is 44.8 Å². The maximum Gasteiger partial charge on any atom is 0.234 e. The topological polar surface area (TPSA) is 50.3 Å². The molecule has 0 spiro atoms. The number of aromatic nitrogens is 2. The predicted octanol–water partition coefficient (Wildman–Crippen LogP) is 1.16. The van der Waals surface area contributed by atoms with Crippen molar-refractivity contribution >= 4 is 17.6 Å². The number of rotatable bonds is 3. The first-order valence-corrected chi connectivity index (χ1v) is 8.09. The van der Waals surface area contributed by atoms with Crippen molar-refractivity contribution in [1.82, 2.24) is 15.3 Å². The molecule has 0 bridgehead atoms. The molecule has 2 aliphatic heterocycles. The number of hydrogen-bond donors (Lipinski definition) is 1. The van der Waals surface area contributed by atoms with Gasteiger partial charge in [-0.15, -0.1) is 0 Å². The maximum atomic E-state index is 5.94. The highest BCUT2D eigenvalue weighted by molar-refractivity contribution is 7.99. The van der Waals surface area contributed by atoms with Crippen molar-refractivity contribution in [1.29, 1.82) is 0 Å². The van der Waals surface area contributed by atoms with Gasteiger partial charge in [0.2, 0.25) is 5.88 Å². The summed E-state index contributed by atoms with van der Waals surface area (Å²) < 4.78 is 5.94. The Balaban J connectivity index is 1.64. The van der Waals surface area contributed by atoms with Gasteiger partial charge in [0.1, 0.15) is 6.10 Å². The van der Waals surface area contributed by atoms with Crippen molar-refractivity contribution in [3.8, 4) is 5.88 Å².